The summed E-state index contributed by atoms with van der Waals surface area (Å²) in [6.45, 7) is 0. The lowest BCUT2D eigenvalue weighted by Gasteiger charge is -2.06. The molecule has 3 nitrogen and oxygen atoms in total. The van der Waals surface area contributed by atoms with Gasteiger partial charge in [-0.05, 0) is 29.8 Å². The highest BCUT2D eigenvalue weighted by Gasteiger charge is 2.09. The van der Waals surface area contributed by atoms with E-state index < -0.39 is 11.8 Å². The van der Waals surface area contributed by atoms with Crippen molar-refractivity contribution in [2.45, 2.75) is 0 Å². The second-order valence-corrected chi connectivity index (χ2v) is 3.73. The molecule has 0 bridgehead atoms. The first-order valence-electron chi connectivity index (χ1n) is 5.29. The molecule has 0 fully saturated rings. The van der Waals surface area contributed by atoms with Crippen molar-refractivity contribution in [3.8, 4) is 16.9 Å². The summed E-state index contributed by atoms with van der Waals surface area (Å²) in [5.41, 5.74) is 0.997. The van der Waals surface area contributed by atoms with Crippen LogP contribution in [0, 0.1) is 5.82 Å². The van der Waals surface area contributed by atoms with Gasteiger partial charge in [-0.25, -0.2) is 9.18 Å². The fraction of sp³-hybridized carbons (Fsp3) is 0.0714. The van der Waals surface area contributed by atoms with E-state index in [-0.39, 0.29) is 5.56 Å². The lowest BCUT2D eigenvalue weighted by Crippen LogP contribution is -1.96. The average Bonchev–Trinajstić information content (AvgIpc) is 2.38. The van der Waals surface area contributed by atoms with Crippen LogP contribution in [-0.4, -0.2) is 18.2 Å². The third-order valence-electron chi connectivity index (χ3n) is 2.60. The van der Waals surface area contributed by atoms with Crippen molar-refractivity contribution in [3.63, 3.8) is 0 Å². The number of carboxylic acids is 1. The number of hydrogen-bond acceptors (Lipinski definition) is 2. The third-order valence-corrected chi connectivity index (χ3v) is 2.60. The van der Waals surface area contributed by atoms with Gasteiger partial charge < -0.3 is 9.84 Å². The number of aromatic carboxylic acids is 1. The Kier molecular flexibility index (Phi) is 3.28. The molecule has 0 aliphatic heterocycles. The number of benzene rings is 2. The molecule has 0 saturated heterocycles. The summed E-state index contributed by atoms with van der Waals surface area (Å²) in [6.07, 6.45) is 0. The average molecular weight is 246 g/mol. The van der Waals surface area contributed by atoms with Gasteiger partial charge in [-0.15, -0.1) is 0 Å². The highest BCUT2D eigenvalue weighted by atomic mass is 19.1. The zero-order valence-electron chi connectivity index (χ0n) is 9.68. The second-order valence-electron chi connectivity index (χ2n) is 3.73. The van der Waals surface area contributed by atoms with Crippen LogP contribution in [0.15, 0.2) is 42.5 Å². The molecule has 0 unspecified atom stereocenters. The number of halogens is 1. The maximum absolute atomic E-state index is 13.8. The highest BCUT2D eigenvalue weighted by Crippen LogP contribution is 2.26. The van der Waals surface area contributed by atoms with Gasteiger partial charge in [0, 0.05) is 11.6 Å². The molecule has 0 atom stereocenters. The maximum Gasteiger partial charge on any atom is 0.335 e. The summed E-state index contributed by atoms with van der Waals surface area (Å²) in [6, 6.07) is 10.6. The zero-order valence-corrected chi connectivity index (χ0v) is 9.68. The van der Waals surface area contributed by atoms with E-state index in [1.165, 1.54) is 25.3 Å². The van der Waals surface area contributed by atoms with Crippen molar-refractivity contribution in [1.29, 1.82) is 0 Å². The molecule has 0 aliphatic carbocycles. The Morgan fingerprint density at radius 1 is 1.22 bits per heavy atom. The third kappa shape index (κ3) is 2.32. The lowest BCUT2D eigenvalue weighted by molar-refractivity contribution is 0.0697. The van der Waals surface area contributed by atoms with Gasteiger partial charge in [0.05, 0.1) is 12.7 Å². The van der Waals surface area contributed by atoms with E-state index in [1.807, 2.05) is 0 Å². The summed E-state index contributed by atoms with van der Waals surface area (Å²) < 4.78 is 18.7. The molecule has 92 valence electrons. The molecule has 0 amide bonds. The molecule has 1 N–H and O–H groups in total. The summed E-state index contributed by atoms with van der Waals surface area (Å²) in [7, 11) is 1.46. The van der Waals surface area contributed by atoms with Gasteiger partial charge in [0.1, 0.15) is 11.6 Å². The van der Waals surface area contributed by atoms with Crippen molar-refractivity contribution in [1.82, 2.24) is 0 Å². The van der Waals surface area contributed by atoms with Crippen molar-refractivity contribution in [2.75, 3.05) is 7.11 Å². The van der Waals surface area contributed by atoms with Crippen LogP contribution >= 0.6 is 0 Å². The van der Waals surface area contributed by atoms with Gasteiger partial charge >= 0.3 is 5.97 Å². The smallest absolute Gasteiger partial charge is 0.335 e. The van der Waals surface area contributed by atoms with E-state index in [2.05, 4.69) is 0 Å². The lowest BCUT2D eigenvalue weighted by atomic mass is 10.0. The molecule has 0 heterocycles. The Balaban J connectivity index is 2.48. The largest absolute Gasteiger partial charge is 0.497 e. The summed E-state index contributed by atoms with van der Waals surface area (Å²) in [5.74, 6) is -1.06. The standard InChI is InChI=1S/C14H11FO3/c1-18-11-5-6-12(13(15)8-11)9-3-2-4-10(7-9)14(16)17/h2-8H,1H3,(H,16,17). The van der Waals surface area contributed by atoms with Crippen molar-refractivity contribution >= 4 is 5.97 Å². The second kappa shape index (κ2) is 4.87. The van der Waals surface area contributed by atoms with Crippen LogP contribution in [-0.2, 0) is 0 Å². The van der Waals surface area contributed by atoms with Crippen molar-refractivity contribution in [3.05, 3.63) is 53.8 Å². The molecule has 0 radical (unpaired) electrons. The molecule has 2 aromatic rings. The van der Waals surface area contributed by atoms with Gasteiger partial charge in [-0.3, -0.25) is 0 Å². The minimum atomic E-state index is -1.04. The van der Waals surface area contributed by atoms with E-state index in [9.17, 15) is 9.18 Å². The molecular weight excluding hydrogens is 235 g/mol. The van der Waals surface area contributed by atoms with Gasteiger partial charge in [-0.1, -0.05) is 12.1 Å². The van der Waals surface area contributed by atoms with Crippen LogP contribution in [0.2, 0.25) is 0 Å². The van der Waals surface area contributed by atoms with Gasteiger partial charge in [-0.2, -0.15) is 0 Å². The fourth-order valence-corrected chi connectivity index (χ4v) is 1.68. The quantitative estimate of drug-likeness (QED) is 0.904. The summed E-state index contributed by atoms with van der Waals surface area (Å²) in [5, 5.41) is 8.89. The Morgan fingerprint density at radius 2 is 2.00 bits per heavy atom. The maximum atomic E-state index is 13.8. The van der Waals surface area contributed by atoms with E-state index >= 15 is 0 Å². The van der Waals surface area contributed by atoms with Crippen LogP contribution < -0.4 is 4.74 Å². The van der Waals surface area contributed by atoms with Crippen LogP contribution in [0.4, 0.5) is 4.39 Å². The normalized spacial score (nSPS) is 10.1. The van der Waals surface area contributed by atoms with Gasteiger partial charge in [0.2, 0.25) is 0 Å². The van der Waals surface area contributed by atoms with Crippen molar-refractivity contribution in [2.24, 2.45) is 0 Å². The number of carboxylic acid groups (broad SMARTS) is 1. The molecule has 4 heteroatoms. The minimum Gasteiger partial charge on any atom is -0.497 e. The molecule has 0 aromatic heterocycles. The molecular formula is C14H11FO3. The van der Waals surface area contributed by atoms with Crippen molar-refractivity contribution < 1.29 is 19.0 Å². The van der Waals surface area contributed by atoms with Crippen LogP contribution in [0.1, 0.15) is 10.4 Å². The molecule has 0 spiro atoms. The number of carbonyl (C=O) groups is 1. The number of rotatable bonds is 3. The molecule has 2 aromatic carbocycles. The van der Waals surface area contributed by atoms with Crippen LogP contribution in [0.3, 0.4) is 0 Å². The van der Waals surface area contributed by atoms with E-state index in [0.29, 0.717) is 16.9 Å². The van der Waals surface area contributed by atoms with Gasteiger partial charge in [0.25, 0.3) is 0 Å². The predicted octanol–water partition coefficient (Wildman–Crippen LogP) is 3.20. The predicted molar refractivity (Wildman–Crippen MR) is 65.3 cm³/mol. The SMILES string of the molecule is COc1ccc(-c2cccc(C(=O)O)c2)c(F)c1. The fourth-order valence-electron chi connectivity index (χ4n) is 1.68. The van der Waals surface area contributed by atoms with Gasteiger partial charge in [0.15, 0.2) is 0 Å². The topological polar surface area (TPSA) is 46.5 Å². The monoisotopic (exact) mass is 246 g/mol. The zero-order chi connectivity index (χ0) is 13.1. The number of methoxy groups -OCH3 is 1. The van der Waals surface area contributed by atoms with E-state index in [4.69, 9.17) is 9.84 Å². The first-order valence-corrected chi connectivity index (χ1v) is 5.29. The van der Waals surface area contributed by atoms with Crippen LogP contribution in [0.5, 0.6) is 5.75 Å². The summed E-state index contributed by atoms with van der Waals surface area (Å²) >= 11 is 0. The highest BCUT2D eigenvalue weighted by molar-refractivity contribution is 5.89. The Morgan fingerprint density at radius 3 is 2.61 bits per heavy atom. The Labute approximate surface area is 103 Å². The minimum absolute atomic E-state index is 0.128. The van der Waals surface area contributed by atoms with E-state index in [1.54, 1.807) is 24.3 Å². The van der Waals surface area contributed by atoms with Crippen LogP contribution in [0.25, 0.3) is 11.1 Å². The first kappa shape index (κ1) is 12.1. The molecule has 0 aliphatic rings. The molecule has 0 saturated carbocycles. The number of hydrogen-bond donors (Lipinski definition) is 1. The first-order chi connectivity index (χ1) is 8.61. The Hall–Kier alpha value is -2.36. The Bertz CT molecular complexity index is 593. The number of ether oxygens (including phenoxy) is 1. The summed E-state index contributed by atoms with van der Waals surface area (Å²) in [4.78, 5) is 10.9. The molecule has 18 heavy (non-hydrogen) atoms. The van der Waals surface area contributed by atoms with E-state index in [0.717, 1.165) is 0 Å². The molecule has 2 rings (SSSR count).